The van der Waals surface area contributed by atoms with E-state index in [4.69, 9.17) is 4.74 Å². The number of methoxy groups -OCH3 is 1. The van der Waals surface area contributed by atoms with E-state index >= 15 is 0 Å². The van der Waals surface area contributed by atoms with Gasteiger partial charge >= 0.3 is 5.97 Å². The zero-order chi connectivity index (χ0) is 19.8. The van der Waals surface area contributed by atoms with E-state index in [1.165, 1.54) is 7.11 Å². The van der Waals surface area contributed by atoms with Gasteiger partial charge in [-0.25, -0.2) is 0 Å². The first-order valence-corrected chi connectivity index (χ1v) is 10.0. The molecule has 6 heteroatoms. The maximum Gasteiger partial charge on any atom is 0.316 e. The number of esters is 1. The van der Waals surface area contributed by atoms with Crippen molar-refractivity contribution in [1.29, 1.82) is 0 Å². The molecule has 1 heterocycles. The van der Waals surface area contributed by atoms with Crippen LogP contribution >= 0.6 is 15.9 Å². The molecule has 144 valence electrons. The molecular weight excluding hydrogens is 420 g/mol. The van der Waals surface area contributed by atoms with Crippen molar-refractivity contribution in [2.75, 3.05) is 17.7 Å². The summed E-state index contributed by atoms with van der Waals surface area (Å²) in [5.74, 6) is -1.58. The van der Waals surface area contributed by atoms with Crippen LogP contribution in [-0.4, -0.2) is 18.9 Å². The number of fused-ring (bicyclic) bond motifs is 1. The first-order chi connectivity index (χ1) is 13.5. The van der Waals surface area contributed by atoms with E-state index in [0.717, 1.165) is 27.1 Å². The predicted molar refractivity (Wildman–Crippen MR) is 112 cm³/mol. The van der Waals surface area contributed by atoms with Crippen LogP contribution in [-0.2, 0) is 14.3 Å². The van der Waals surface area contributed by atoms with E-state index in [9.17, 15) is 9.59 Å². The van der Waals surface area contributed by atoms with Gasteiger partial charge in [-0.1, -0.05) is 47.1 Å². The van der Waals surface area contributed by atoms with Gasteiger partial charge in [0.2, 0.25) is 0 Å². The number of carbonyl (C=O) groups is 2. The number of allylic oxidation sites excluding steroid dienone is 1. The second-order valence-electron chi connectivity index (χ2n) is 7.24. The van der Waals surface area contributed by atoms with E-state index in [1.54, 1.807) is 0 Å². The number of hydrogen-bond acceptors (Lipinski definition) is 5. The lowest BCUT2D eigenvalue weighted by Gasteiger charge is -2.32. The van der Waals surface area contributed by atoms with Crippen LogP contribution in [0.2, 0.25) is 0 Å². The summed E-state index contributed by atoms with van der Waals surface area (Å²) >= 11 is 3.52. The maximum atomic E-state index is 13.5. The van der Waals surface area contributed by atoms with E-state index in [0.29, 0.717) is 12.0 Å². The highest BCUT2D eigenvalue weighted by Crippen LogP contribution is 2.43. The Balaban J connectivity index is 1.88. The van der Waals surface area contributed by atoms with Crippen LogP contribution in [0.1, 0.15) is 24.9 Å². The molecule has 2 N–H and O–H groups in total. The van der Waals surface area contributed by atoms with Gasteiger partial charge in [-0.3, -0.25) is 9.59 Å². The molecule has 2 aliphatic rings. The van der Waals surface area contributed by atoms with E-state index < -0.39 is 11.9 Å². The highest BCUT2D eigenvalue weighted by molar-refractivity contribution is 9.10. The number of halogens is 1. The summed E-state index contributed by atoms with van der Waals surface area (Å²) < 4.78 is 5.86. The molecule has 5 nitrogen and oxygen atoms in total. The minimum absolute atomic E-state index is 0.139. The van der Waals surface area contributed by atoms with Crippen LogP contribution in [0.5, 0.6) is 0 Å². The smallest absolute Gasteiger partial charge is 0.316 e. The molecule has 0 amide bonds. The third-order valence-corrected chi connectivity index (χ3v) is 5.90. The fourth-order valence-corrected chi connectivity index (χ4v) is 4.49. The zero-order valence-electron chi connectivity index (χ0n) is 15.7. The van der Waals surface area contributed by atoms with Gasteiger partial charge in [0.1, 0.15) is 5.92 Å². The quantitative estimate of drug-likeness (QED) is 0.524. The van der Waals surface area contributed by atoms with Crippen molar-refractivity contribution in [3.8, 4) is 0 Å². The number of ether oxygens (including phenoxy) is 1. The number of ketones is 1. The molecule has 0 spiro atoms. The highest BCUT2D eigenvalue weighted by atomic mass is 79.9. The van der Waals surface area contributed by atoms with Crippen molar-refractivity contribution in [2.24, 2.45) is 11.8 Å². The van der Waals surface area contributed by atoms with Crippen LogP contribution in [0.25, 0.3) is 0 Å². The Morgan fingerprint density at radius 2 is 1.89 bits per heavy atom. The Hall–Kier alpha value is -2.60. The largest absolute Gasteiger partial charge is 0.468 e. The van der Waals surface area contributed by atoms with Crippen molar-refractivity contribution >= 4 is 39.1 Å². The number of anilines is 2. The maximum absolute atomic E-state index is 13.5. The summed E-state index contributed by atoms with van der Waals surface area (Å²) in [6.07, 6.45) is 0.599. The van der Waals surface area contributed by atoms with Gasteiger partial charge in [0, 0.05) is 15.7 Å². The van der Waals surface area contributed by atoms with E-state index in [1.807, 2.05) is 55.5 Å². The number of benzene rings is 2. The van der Waals surface area contributed by atoms with Gasteiger partial charge in [0.15, 0.2) is 5.78 Å². The van der Waals surface area contributed by atoms with Crippen molar-refractivity contribution < 1.29 is 14.3 Å². The molecule has 0 aromatic heterocycles. The number of hydrogen-bond donors (Lipinski definition) is 2. The molecule has 2 aromatic carbocycles. The molecule has 2 aromatic rings. The lowest BCUT2D eigenvalue weighted by Crippen LogP contribution is -2.39. The minimum Gasteiger partial charge on any atom is -0.468 e. The summed E-state index contributed by atoms with van der Waals surface area (Å²) in [5.41, 5.74) is 4.25. The van der Waals surface area contributed by atoms with Crippen molar-refractivity contribution in [3.63, 3.8) is 0 Å². The minimum atomic E-state index is -0.789. The van der Waals surface area contributed by atoms with Gasteiger partial charge in [0.25, 0.3) is 0 Å². The van der Waals surface area contributed by atoms with Gasteiger partial charge < -0.3 is 15.4 Å². The molecule has 0 unspecified atom stereocenters. The van der Waals surface area contributed by atoms with Crippen LogP contribution in [0, 0.1) is 11.8 Å². The first-order valence-electron chi connectivity index (χ1n) is 9.22. The zero-order valence-corrected chi connectivity index (χ0v) is 17.2. The van der Waals surface area contributed by atoms with Crippen molar-refractivity contribution in [1.82, 2.24) is 0 Å². The molecule has 0 fully saturated rings. The molecule has 0 saturated heterocycles. The molecule has 4 rings (SSSR count). The third kappa shape index (κ3) is 3.22. The van der Waals surface area contributed by atoms with Gasteiger partial charge in [-0.15, -0.1) is 0 Å². The second-order valence-corrected chi connectivity index (χ2v) is 8.16. The van der Waals surface area contributed by atoms with Crippen molar-refractivity contribution in [3.05, 3.63) is 69.8 Å². The number of Topliss-reactive ketones (excluding diaryl/α,β-unsaturated/α-hetero) is 1. The predicted octanol–water partition coefficient (Wildman–Crippen LogP) is 4.68. The standard InChI is InChI=1S/C22H21BrN2O3/c1-12-10-17-19(21(26)18(12)22(27)28-2)20(13-6-5-7-14(23)11-13)25-16-9-4-3-8-15(16)24-17/h3-9,11-12,18,20,24-25H,10H2,1-2H3/t12-,18+,20-/m1/s1. The van der Waals surface area contributed by atoms with E-state index in [-0.39, 0.29) is 17.7 Å². The summed E-state index contributed by atoms with van der Waals surface area (Å²) in [4.78, 5) is 25.8. The molecular formula is C22H21BrN2O3. The van der Waals surface area contributed by atoms with Crippen LogP contribution in [0.3, 0.4) is 0 Å². The fraction of sp³-hybridized carbons (Fsp3) is 0.273. The normalized spacial score (nSPS) is 23.7. The van der Waals surface area contributed by atoms with Gasteiger partial charge in [-0.05, 0) is 42.2 Å². The Kier molecular flexibility index (Phi) is 4.98. The lowest BCUT2D eigenvalue weighted by atomic mass is 9.75. The first kappa shape index (κ1) is 18.7. The Morgan fingerprint density at radius 3 is 2.61 bits per heavy atom. The Morgan fingerprint density at radius 1 is 1.14 bits per heavy atom. The molecule has 0 radical (unpaired) electrons. The fourth-order valence-electron chi connectivity index (χ4n) is 4.07. The van der Waals surface area contributed by atoms with Gasteiger partial charge in [0.05, 0.1) is 24.5 Å². The summed E-state index contributed by atoms with van der Waals surface area (Å²) in [5, 5.41) is 6.96. The van der Waals surface area contributed by atoms with Crippen molar-refractivity contribution in [2.45, 2.75) is 19.4 Å². The lowest BCUT2D eigenvalue weighted by molar-refractivity contribution is -0.151. The second kappa shape index (κ2) is 7.43. The highest BCUT2D eigenvalue weighted by Gasteiger charge is 2.44. The molecule has 1 aliphatic heterocycles. The third-order valence-electron chi connectivity index (χ3n) is 5.41. The number of carbonyl (C=O) groups excluding carboxylic acids is 2. The average Bonchev–Trinajstić information content (AvgIpc) is 2.84. The summed E-state index contributed by atoms with van der Waals surface area (Å²) in [6, 6.07) is 15.4. The number of nitrogens with one attached hydrogen (secondary N) is 2. The Bertz CT molecular complexity index is 985. The number of rotatable bonds is 2. The van der Waals surface area contributed by atoms with Crippen LogP contribution < -0.4 is 10.6 Å². The summed E-state index contributed by atoms with van der Waals surface area (Å²) in [6.45, 7) is 1.92. The molecule has 1 aliphatic carbocycles. The monoisotopic (exact) mass is 440 g/mol. The van der Waals surface area contributed by atoms with E-state index in [2.05, 4.69) is 26.6 Å². The number of para-hydroxylation sites is 2. The molecule has 0 saturated carbocycles. The topological polar surface area (TPSA) is 67.4 Å². The molecule has 0 bridgehead atoms. The molecule has 3 atom stereocenters. The average molecular weight is 441 g/mol. The Labute approximate surface area is 172 Å². The van der Waals surface area contributed by atoms with Gasteiger partial charge in [-0.2, -0.15) is 0 Å². The SMILES string of the molecule is COC(=O)[C@@H]1C(=O)C2=C(C[C@H]1C)Nc1ccccc1N[C@@H]2c1cccc(Br)c1. The summed E-state index contributed by atoms with van der Waals surface area (Å²) in [7, 11) is 1.33. The van der Waals surface area contributed by atoms with Crippen LogP contribution in [0.4, 0.5) is 11.4 Å². The van der Waals surface area contributed by atoms with Crippen LogP contribution in [0.15, 0.2) is 64.3 Å². The molecule has 28 heavy (non-hydrogen) atoms.